The third kappa shape index (κ3) is 2.51. The molecule has 0 saturated carbocycles. The highest BCUT2D eigenvalue weighted by atomic mass is 35.5. The van der Waals surface area contributed by atoms with Crippen LogP contribution in [0.3, 0.4) is 0 Å². The quantitative estimate of drug-likeness (QED) is 0.562. The summed E-state index contributed by atoms with van der Waals surface area (Å²) in [6.07, 6.45) is 0. The molecule has 0 spiro atoms. The number of aromatic nitrogens is 1. The summed E-state index contributed by atoms with van der Waals surface area (Å²) in [5, 5.41) is 13.7. The fraction of sp³-hybridized carbons (Fsp3) is 0.238. The summed E-state index contributed by atoms with van der Waals surface area (Å²) >= 11 is 6.44. The number of rotatable bonds is 1. The van der Waals surface area contributed by atoms with Gasteiger partial charge in [0.1, 0.15) is 34.7 Å². The van der Waals surface area contributed by atoms with E-state index in [1.54, 1.807) is 0 Å². The van der Waals surface area contributed by atoms with E-state index in [0.29, 0.717) is 36.4 Å². The summed E-state index contributed by atoms with van der Waals surface area (Å²) in [6.45, 7) is 1.50. The van der Waals surface area contributed by atoms with Gasteiger partial charge in [-0.2, -0.15) is 0 Å². The van der Waals surface area contributed by atoms with Gasteiger partial charge in [-0.25, -0.2) is 13.8 Å². The van der Waals surface area contributed by atoms with E-state index in [9.17, 15) is 18.5 Å². The second kappa shape index (κ2) is 6.84. The van der Waals surface area contributed by atoms with Crippen molar-refractivity contribution in [2.24, 2.45) is 0 Å². The van der Waals surface area contributed by atoms with Crippen molar-refractivity contribution in [3.8, 4) is 16.9 Å². The Morgan fingerprint density at radius 1 is 1.25 bits per heavy atom. The zero-order valence-corrected chi connectivity index (χ0v) is 17.9. The molecule has 0 aliphatic carbocycles. The van der Waals surface area contributed by atoms with Crippen molar-refractivity contribution >= 4 is 50.6 Å². The molecular weight excluding hydrogens is 462 g/mol. The van der Waals surface area contributed by atoms with E-state index >= 15 is 4.39 Å². The van der Waals surface area contributed by atoms with Gasteiger partial charge in [-0.15, -0.1) is 0 Å². The molecule has 4 heterocycles. The topological polar surface area (TPSA) is 85.8 Å². The maximum Gasteiger partial charge on any atom is 0.252 e. The van der Waals surface area contributed by atoms with Crippen LogP contribution in [-0.4, -0.2) is 51.8 Å². The number of nitrogens with zero attached hydrogens (tertiary/aromatic N) is 3. The number of amides is 1. The number of halogens is 3. The maximum absolute atomic E-state index is 15.9. The monoisotopic (exact) mass is 476 g/mol. The smallest absolute Gasteiger partial charge is 0.252 e. The second-order valence-electron chi connectivity index (χ2n) is 7.85. The van der Waals surface area contributed by atoms with Gasteiger partial charge in [-0.1, -0.05) is 17.7 Å². The predicted molar refractivity (Wildman–Crippen MR) is 117 cm³/mol. The Hall–Kier alpha value is -2.82. The van der Waals surface area contributed by atoms with E-state index < -0.39 is 34.2 Å². The Bertz CT molecular complexity index is 1370. The summed E-state index contributed by atoms with van der Waals surface area (Å²) in [7, 11) is -1.64. The Labute approximate surface area is 188 Å². The van der Waals surface area contributed by atoms with Crippen molar-refractivity contribution in [1.29, 1.82) is 0 Å². The zero-order chi connectivity index (χ0) is 22.3. The van der Waals surface area contributed by atoms with Crippen molar-refractivity contribution < 1.29 is 22.9 Å². The van der Waals surface area contributed by atoms with Gasteiger partial charge >= 0.3 is 0 Å². The Balaban J connectivity index is 1.72. The molecule has 0 bridgehead atoms. The van der Waals surface area contributed by atoms with Gasteiger partial charge in [0, 0.05) is 30.6 Å². The molecule has 3 aliphatic rings. The second-order valence-corrected chi connectivity index (χ2v) is 9.59. The summed E-state index contributed by atoms with van der Waals surface area (Å²) in [6, 6.07) is 4.58. The third-order valence-electron chi connectivity index (χ3n) is 6.14. The van der Waals surface area contributed by atoms with Gasteiger partial charge in [-0.3, -0.25) is 13.9 Å². The van der Waals surface area contributed by atoms with Crippen LogP contribution in [0.4, 0.5) is 20.2 Å². The fourth-order valence-electron chi connectivity index (χ4n) is 4.75. The maximum atomic E-state index is 15.9. The minimum Gasteiger partial charge on any atom is -0.507 e. The van der Waals surface area contributed by atoms with Crippen molar-refractivity contribution in [3.05, 3.63) is 40.9 Å². The molecule has 2 aromatic carbocycles. The van der Waals surface area contributed by atoms with Crippen molar-refractivity contribution in [2.45, 2.75) is 11.1 Å². The molecule has 3 aliphatic heterocycles. The molecule has 1 unspecified atom stereocenters. The normalized spacial score (nSPS) is 21.8. The number of carbonyl (C=O) groups excluding carboxylic acids is 1. The van der Waals surface area contributed by atoms with Gasteiger partial charge in [0.2, 0.25) is 0 Å². The first-order valence-electron chi connectivity index (χ1n) is 9.89. The summed E-state index contributed by atoms with van der Waals surface area (Å²) in [5.41, 5.74) is 0.134. The predicted octanol–water partition coefficient (Wildman–Crippen LogP) is 2.74. The first kappa shape index (κ1) is 19.8. The number of carbonyl (C=O) groups is 1. The standard InChI is InChI=1S/C21H15ClF2N4O3S/c22-10-6-9-17(16(24)14(10)15-11(23)2-1-3-13(15)29)26-20-19-18(9)27-5-4-25-7-12(27)21(30)28(19)8-32(20)31/h1-3,6,12,25,29H,4-5,7-8H2/t12-,32?/m1/s1. The number of pyridine rings is 1. The molecule has 0 radical (unpaired) electrons. The molecule has 2 N–H and O–H groups in total. The van der Waals surface area contributed by atoms with E-state index in [2.05, 4.69) is 10.3 Å². The molecule has 1 amide bonds. The van der Waals surface area contributed by atoms with Crippen LogP contribution in [0.25, 0.3) is 22.0 Å². The minimum absolute atomic E-state index is 0.0505. The molecule has 11 heteroatoms. The van der Waals surface area contributed by atoms with Crippen LogP contribution >= 0.6 is 11.6 Å². The number of phenolic OH excluding ortho intramolecular Hbond substituents is 1. The molecule has 1 saturated heterocycles. The average Bonchev–Trinajstić information content (AvgIpc) is 3.10. The molecule has 2 atom stereocenters. The minimum atomic E-state index is -1.64. The number of piperazine rings is 1. The van der Waals surface area contributed by atoms with Crippen LogP contribution in [0.15, 0.2) is 29.3 Å². The van der Waals surface area contributed by atoms with E-state index in [4.69, 9.17) is 11.6 Å². The largest absolute Gasteiger partial charge is 0.507 e. The van der Waals surface area contributed by atoms with Crippen LogP contribution in [0.5, 0.6) is 5.75 Å². The first-order valence-corrected chi connectivity index (χ1v) is 11.6. The van der Waals surface area contributed by atoms with Crippen LogP contribution in [0.1, 0.15) is 0 Å². The van der Waals surface area contributed by atoms with Gasteiger partial charge in [0.05, 0.1) is 27.1 Å². The molecule has 3 aromatic rings. The Kier molecular flexibility index (Phi) is 4.24. The van der Waals surface area contributed by atoms with Gasteiger partial charge in [0.25, 0.3) is 5.91 Å². The van der Waals surface area contributed by atoms with Gasteiger partial charge in [-0.05, 0) is 18.2 Å². The van der Waals surface area contributed by atoms with Crippen molar-refractivity contribution in [3.63, 3.8) is 0 Å². The number of aromatic hydroxyl groups is 1. The average molecular weight is 477 g/mol. The van der Waals surface area contributed by atoms with Gasteiger partial charge in [0.15, 0.2) is 10.8 Å². The number of nitrogens with one attached hydrogen (secondary N) is 1. The number of phenols is 1. The molecular formula is C21H15ClF2N4O3S. The van der Waals surface area contributed by atoms with E-state index in [1.165, 1.54) is 23.1 Å². The number of hydrogen-bond donors (Lipinski definition) is 2. The highest BCUT2D eigenvalue weighted by Crippen LogP contribution is 2.50. The molecule has 7 nitrogen and oxygen atoms in total. The molecule has 6 rings (SSSR count). The van der Waals surface area contributed by atoms with Crippen LogP contribution < -0.4 is 15.1 Å². The lowest BCUT2D eigenvalue weighted by Crippen LogP contribution is -2.61. The third-order valence-corrected chi connectivity index (χ3v) is 7.65. The molecule has 1 aromatic heterocycles. The number of fused-ring (bicyclic) bond motifs is 4. The zero-order valence-electron chi connectivity index (χ0n) is 16.4. The highest BCUT2D eigenvalue weighted by Gasteiger charge is 2.47. The number of anilines is 2. The van der Waals surface area contributed by atoms with Crippen molar-refractivity contribution in [2.75, 3.05) is 35.3 Å². The SMILES string of the molecule is O=C1[C@H]2CNCCN2c2c3c(nc4c(F)c(-c5c(O)cccc5F)c(Cl)cc24)S(=O)CN13. The summed E-state index contributed by atoms with van der Waals surface area (Å²) in [4.78, 5) is 20.7. The first-order chi connectivity index (χ1) is 15.4. The lowest BCUT2D eigenvalue weighted by atomic mass is 9.97. The Morgan fingerprint density at radius 2 is 2.06 bits per heavy atom. The summed E-state index contributed by atoms with van der Waals surface area (Å²) < 4.78 is 43.2. The lowest BCUT2D eigenvalue weighted by Gasteiger charge is -2.44. The fourth-order valence-corrected chi connectivity index (χ4v) is 6.27. The number of benzene rings is 2. The van der Waals surface area contributed by atoms with E-state index in [0.717, 1.165) is 6.07 Å². The van der Waals surface area contributed by atoms with Crippen LogP contribution in [0, 0.1) is 11.6 Å². The molecule has 1 fully saturated rings. The van der Waals surface area contributed by atoms with Crippen LogP contribution in [-0.2, 0) is 15.6 Å². The number of hydrogen-bond acceptors (Lipinski definition) is 6. The highest BCUT2D eigenvalue weighted by molar-refractivity contribution is 7.85. The molecule has 32 heavy (non-hydrogen) atoms. The van der Waals surface area contributed by atoms with E-state index in [1.807, 2.05) is 4.90 Å². The van der Waals surface area contributed by atoms with Crippen LogP contribution in [0.2, 0.25) is 5.02 Å². The van der Waals surface area contributed by atoms with Gasteiger partial charge < -0.3 is 15.3 Å². The van der Waals surface area contributed by atoms with E-state index in [-0.39, 0.29) is 38.5 Å². The van der Waals surface area contributed by atoms with Crippen molar-refractivity contribution in [1.82, 2.24) is 10.3 Å². The summed E-state index contributed by atoms with van der Waals surface area (Å²) in [5.74, 6) is -2.46. The lowest BCUT2D eigenvalue weighted by molar-refractivity contribution is -0.120. The molecule has 164 valence electrons. The Morgan fingerprint density at radius 3 is 2.84 bits per heavy atom.